The number of imidazole rings is 1. The van der Waals surface area contributed by atoms with Crippen LogP contribution in [0.1, 0.15) is 0 Å². The molecule has 3 aromatic rings. The standard InChI is InChI=1S/C14H9BrClFN2OS/c1-20-13-4-7(2-3-9(13)16)19-12-6-10(17)8(15)5-11(12)18-14(19)21/h2-6H,1H3,(H,18,21). The molecule has 1 heterocycles. The summed E-state index contributed by atoms with van der Waals surface area (Å²) < 4.78 is 21.6. The van der Waals surface area contributed by atoms with E-state index in [-0.39, 0.29) is 5.82 Å². The highest BCUT2D eigenvalue weighted by Gasteiger charge is 2.12. The first-order chi connectivity index (χ1) is 10.0. The second-order valence-corrected chi connectivity index (χ2v) is 6.02. The van der Waals surface area contributed by atoms with Crippen molar-refractivity contribution >= 4 is 50.8 Å². The van der Waals surface area contributed by atoms with Crippen molar-refractivity contribution in [2.75, 3.05) is 7.11 Å². The average molecular weight is 388 g/mol. The first kappa shape index (κ1) is 14.6. The normalized spacial score (nSPS) is 11.0. The summed E-state index contributed by atoms with van der Waals surface area (Å²) >= 11 is 14.5. The lowest BCUT2D eigenvalue weighted by atomic mass is 10.2. The number of rotatable bonds is 2. The molecule has 0 fully saturated rings. The first-order valence-corrected chi connectivity index (χ1v) is 7.53. The van der Waals surface area contributed by atoms with Gasteiger partial charge in [-0.1, -0.05) is 11.6 Å². The van der Waals surface area contributed by atoms with Crippen LogP contribution in [-0.4, -0.2) is 16.7 Å². The Morgan fingerprint density at radius 2 is 2.10 bits per heavy atom. The molecular weight excluding hydrogens is 379 g/mol. The number of nitrogens with zero attached hydrogens (tertiary/aromatic N) is 1. The van der Waals surface area contributed by atoms with Crippen LogP contribution < -0.4 is 4.74 Å². The summed E-state index contributed by atoms with van der Waals surface area (Å²) in [6, 6.07) is 8.35. The van der Waals surface area contributed by atoms with Crippen LogP contribution >= 0.6 is 39.7 Å². The van der Waals surface area contributed by atoms with Crippen LogP contribution in [0.2, 0.25) is 5.02 Å². The zero-order valence-corrected chi connectivity index (χ0v) is 13.9. The molecule has 1 N–H and O–H groups in total. The Morgan fingerprint density at radius 1 is 1.33 bits per heavy atom. The summed E-state index contributed by atoms with van der Waals surface area (Å²) in [4.78, 5) is 3.05. The lowest BCUT2D eigenvalue weighted by molar-refractivity contribution is 0.415. The lowest BCUT2D eigenvalue weighted by Gasteiger charge is -2.08. The molecule has 0 bridgehead atoms. The smallest absolute Gasteiger partial charge is 0.182 e. The van der Waals surface area contributed by atoms with E-state index in [0.717, 1.165) is 11.2 Å². The van der Waals surface area contributed by atoms with Gasteiger partial charge in [0.2, 0.25) is 0 Å². The number of halogens is 3. The Hall–Kier alpha value is -1.37. The molecule has 0 aliphatic rings. The molecule has 1 aromatic heterocycles. The number of benzene rings is 2. The largest absolute Gasteiger partial charge is 0.495 e. The average Bonchev–Trinajstić information content (AvgIpc) is 2.75. The van der Waals surface area contributed by atoms with Crippen molar-refractivity contribution in [1.82, 2.24) is 9.55 Å². The maximum atomic E-state index is 13.8. The van der Waals surface area contributed by atoms with Gasteiger partial charge in [0.05, 0.1) is 33.3 Å². The number of fused-ring (bicyclic) bond motifs is 1. The Bertz CT molecular complexity index is 906. The van der Waals surface area contributed by atoms with Crippen molar-refractivity contribution < 1.29 is 9.13 Å². The van der Waals surface area contributed by atoms with Crippen LogP contribution in [0.15, 0.2) is 34.8 Å². The number of hydrogen-bond donors (Lipinski definition) is 1. The van der Waals surface area contributed by atoms with Gasteiger partial charge in [-0.25, -0.2) is 4.39 Å². The molecule has 0 unspecified atom stereocenters. The molecular formula is C14H9BrClFN2OS. The lowest BCUT2D eigenvalue weighted by Crippen LogP contribution is -1.96. The third kappa shape index (κ3) is 2.47. The van der Waals surface area contributed by atoms with Crippen molar-refractivity contribution in [3.8, 4) is 11.4 Å². The van der Waals surface area contributed by atoms with Gasteiger partial charge in [-0.15, -0.1) is 0 Å². The molecule has 3 rings (SSSR count). The van der Waals surface area contributed by atoms with Crippen molar-refractivity contribution in [1.29, 1.82) is 0 Å². The van der Waals surface area contributed by atoms with E-state index in [0.29, 0.717) is 25.5 Å². The second kappa shape index (κ2) is 5.44. The maximum Gasteiger partial charge on any atom is 0.182 e. The summed E-state index contributed by atoms with van der Waals surface area (Å²) in [6.45, 7) is 0. The van der Waals surface area contributed by atoms with Crippen molar-refractivity contribution in [3.05, 3.63) is 50.4 Å². The molecule has 2 aromatic carbocycles. The van der Waals surface area contributed by atoms with E-state index in [1.165, 1.54) is 13.2 Å². The molecule has 0 aliphatic carbocycles. The van der Waals surface area contributed by atoms with Crippen LogP contribution in [0.5, 0.6) is 5.75 Å². The highest BCUT2D eigenvalue weighted by Crippen LogP contribution is 2.30. The monoisotopic (exact) mass is 386 g/mol. The Balaban J connectivity index is 2.32. The number of ether oxygens (including phenoxy) is 1. The minimum absolute atomic E-state index is 0.355. The Kier molecular flexibility index (Phi) is 3.77. The molecule has 0 aliphatic heterocycles. The molecule has 0 radical (unpaired) electrons. The van der Waals surface area contributed by atoms with E-state index in [2.05, 4.69) is 20.9 Å². The molecule has 3 nitrogen and oxygen atoms in total. The van der Waals surface area contributed by atoms with E-state index in [9.17, 15) is 4.39 Å². The minimum atomic E-state index is -0.355. The summed E-state index contributed by atoms with van der Waals surface area (Å²) in [7, 11) is 1.54. The molecule has 0 spiro atoms. The fourth-order valence-electron chi connectivity index (χ4n) is 2.15. The number of nitrogens with one attached hydrogen (secondary N) is 1. The van der Waals surface area contributed by atoms with E-state index >= 15 is 0 Å². The Labute approximate surface area is 138 Å². The van der Waals surface area contributed by atoms with E-state index in [1.807, 2.05) is 0 Å². The van der Waals surface area contributed by atoms with E-state index in [4.69, 9.17) is 28.6 Å². The predicted molar refractivity (Wildman–Crippen MR) is 87.7 cm³/mol. The van der Waals surface area contributed by atoms with E-state index in [1.54, 1.807) is 28.8 Å². The van der Waals surface area contributed by atoms with Gasteiger partial charge in [0.1, 0.15) is 11.6 Å². The quantitative estimate of drug-likeness (QED) is 0.609. The minimum Gasteiger partial charge on any atom is -0.495 e. The van der Waals surface area contributed by atoms with Crippen molar-refractivity contribution in [3.63, 3.8) is 0 Å². The van der Waals surface area contributed by atoms with E-state index < -0.39 is 0 Å². The number of methoxy groups -OCH3 is 1. The first-order valence-electron chi connectivity index (χ1n) is 5.95. The maximum absolute atomic E-state index is 13.8. The van der Waals surface area contributed by atoms with Crippen LogP contribution in [0, 0.1) is 10.6 Å². The van der Waals surface area contributed by atoms with Gasteiger partial charge in [-0.3, -0.25) is 4.57 Å². The van der Waals surface area contributed by atoms with Crippen molar-refractivity contribution in [2.24, 2.45) is 0 Å². The van der Waals surface area contributed by atoms with Crippen molar-refractivity contribution in [2.45, 2.75) is 0 Å². The summed E-state index contributed by atoms with van der Waals surface area (Å²) in [6.07, 6.45) is 0. The van der Waals surface area contributed by atoms with Crippen LogP contribution in [0.25, 0.3) is 16.7 Å². The fraction of sp³-hybridized carbons (Fsp3) is 0.0714. The molecule has 0 saturated heterocycles. The second-order valence-electron chi connectivity index (χ2n) is 4.37. The fourth-order valence-corrected chi connectivity index (χ4v) is 3.00. The molecule has 0 saturated carbocycles. The highest BCUT2D eigenvalue weighted by molar-refractivity contribution is 9.10. The predicted octanol–water partition coefficient (Wildman–Crippen LogP) is 5.25. The van der Waals surface area contributed by atoms with Crippen LogP contribution in [0.4, 0.5) is 4.39 Å². The number of aromatic nitrogens is 2. The molecule has 108 valence electrons. The SMILES string of the molecule is COc1cc(-n2c(=S)[nH]c3cc(Br)c(F)cc32)ccc1Cl. The van der Waals surface area contributed by atoms with Gasteiger partial charge in [-0.2, -0.15) is 0 Å². The van der Waals surface area contributed by atoms with Crippen LogP contribution in [-0.2, 0) is 0 Å². The third-order valence-electron chi connectivity index (χ3n) is 3.12. The number of hydrogen-bond acceptors (Lipinski definition) is 2. The van der Waals surface area contributed by atoms with Crippen LogP contribution in [0.3, 0.4) is 0 Å². The number of aromatic amines is 1. The number of H-pyrrole nitrogens is 1. The summed E-state index contributed by atoms with van der Waals surface area (Å²) in [5.41, 5.74) is 2.13. The van der Waals surface area contributed by atoms with Gasteiger partial charge >= 0.3 is 0 Å². The van der Waals surface area contributed by atoms with Gasteiger partial charge in [-0.05, 0) is 46.3 Å². The topological polar surface area (TPSA) is 29.9 Å². The zero-order valence-electron chi connectivity index (χ0n) is 10.8. The molecule has 7 heteroatoms. The van der Waals surface area contributed by atoms with Gasteiger partial charge in [0, 0.05) is 12.1 Å². The zero-order chi connectivity index (χ0) is 15.1. The third-order valence-corrected chi connectivity index (χ3v) is 4.32. The molecule has 0 atom stereocenters. The summed E-state index contributed by atoms with van der Waals surface area (Å²) in [5, 5.41) is 0.501. The van der Waals surface area contributed by atoms with Gasteiger partial charge < -0.3 is 9.72 Å². The van der Waals surface area contributed by atoms with Gasteiger partial charge in [0.15, 0.2) is 4.77 Å². The highest BCUT2D eigenvalue weighted by atomic mass is 79.9. The molecule has 21 heavy (non-hydrogen) atoms. The molecule has 0 amide bonds. The Morgan fingerprint density at radius 3 is 2.81 bits per heavy atom. The summed E-state index contributed by atoms with van der Waals surface area (Å²) in [5.74, 6) is 0.175. The van der Waals surface area contributed by atoms with Gasteiger partial charge in [0.25, 0.3) is 0 Å².